The Hall–Kier alpha value is -0.570. The van der Waals surface area contributed by atoms with E-state index in [2.05, 4.69) is 23.8 Å². The van der Waals surface area contributed by atoms with E-state index in [-0.39, 0.29) is 0 Å². The van der Waals surface area contributed by atoms with Gasteiger partial charge < -0.3 is 0 Å². The highest BCUT2D eigenvalue weighted by molar-refractivity contribution is 7.99. The molecule has 3 heteroatoms. The lowest BCUT2D eigenvalue weighted by Crippen LogP contribution is -1.96. The zero-order valence-electron chi connectivity index (χ0n) is 8.66. The van der Waals surface area contributed by atoms with Gasteiger partial charge in [-0.25, -0.2) is 9.97 Å². The summed E-state index contributed by atoms with van der Waals surface area (Å²) in [6.07, 6.45) is 0. The van der Waals surface area contributed by atoms with Crippen LogP contribution in [0.5, 0.6) is 0 Å². The van der Waals surface area contributed by atoms with Crippen LogP contribution < -0.4 is 0 Å². The lowest BCUT2D eigenvalue weighted by molar-refractivity contribution is 0.747. The molecule has 72 valence electrons. The molecular weight excluding hydrogens is 180 g/mol. The van der Waals surface area contributed by atoms with Crippen LogP contribution in [0, 0.1) is 19.8 Å². The molecule has 2 nitrogen and oxygen atoms in total. The Morgan fingerprint density at radius 1 is 1.23 bits per heavy atom. The number of rotatable bonds is 3. The average Bonchev–Trinajstić information content (AvgIpc) is 1.99. The van der Waals surface area contributed by atoms with Gasteiger partial charge in [-0.15, -0.1) is 0 Å². The van der Waals surface area contributed by atoms with Gasteiger partial charge in [0.25, 0.3) is 0 Å². The van der Waals surface area contributed by atoms with E-state index in [1.54, 1.807) is 11.8 Å². The zero-order valence-corrected chi connectivity index (χ0v) is 9.48. The second kappa shape index (κ2) is 4.61. The Kier molecular flexibility index (Phi) is 3.72. The summed E-state index contributed by atoms with van der Waals surface area (Å²) in [6.45, 7) is 8.42. The summed E-state index contributed by atoms with van der Waals surface area (Å²) in [7, 11) is 0. The number of hydrogen-bond acceptors (Lipinski definition) is 3. The van der Waals surface area contributed by atoms with Crippen LogP contribution in [0.1, 0.15) is 25.2 Å². The molecule has 0 atom stereocenters. The van der Waals surface area contributed by atoms with Gasteiger partial charge in [0.05, 0.1) is 0 Å². The van der Waals surface area contributed by atoms with E-state index >= 15 is 0 Å². The Morgan fingerprint density at radius 2 is 1.77 bits per heavy atom. The standard InChI is InChI=1S/C10H16N2S/c1-7(2)6-13-10-11-8(3)5-9(4)12-10/h5,7H,6H2,1-4H3. The fourth-order valence-corrected chi connectivity index (χ4v) is 1.90. The van der Waals surface area contributed by atoms with Crippen molar-refractivity contribution in [1.29, 1.82) is 0 Å². The third-order valence-corrected chi connectivity index (χ3v) is 2.78. The Balaban J connectivity index is 2.66. The van der Waals surface area contributed by atoms with Gasteiger partial charge in [-0.05, 0) is 25.8 Å². The van der Waals surface area contributed by atoms with Crippen molar-refractivity contribution in [2.75, 3.05) is 5.75 Å². The van der Waals surface area contributed by atoms with Crippen molar-refractivity contribution >= 4 is 11.8 Å². The van der Waals surface area contributed by atoms with Gasteiger partial charge in [0.2, 0.25) is 0 Å². The molecule has 0 saturated heterocycles. The monoisotopic (exact) mass is 196 g/mol. The van der Waals surface area contributed by atoms with Gasteiger partial charge in [0, 0.05) is 17.1 Å². The van der Waals surface area contributed by atoms with Crippen molar-refractivity contribution < 1.29 is 0 Å². The third-order valence-electron chi connectivity index (χ3n) is 1.51. The maximum Gasteiger partial charge on any atom is 0.187 e. The van der Waals surface area contributed by atoms with E-state index in [1.807, 2.05) is 19.9 Å². The van der Waals surface area contributed by atoms with Crippen molar-refractivity contribution in [1.82, 2.24) is 9.97 Å². The molecule has 1 rings (SSSR count). The molecule has 0 fully saturated rings. The molecule has 0 aromatic carbocycles. The van der Waals surface area contributed by atoms with Crippen LogP contribution >= 0.6 is 11.8 Å². The maximum atomic E-state index is 4.36. The molecule has 0 amide bonds. The van der Waals surface area contributed by atoms with Gasteiger partial charge in [0.1, 0.15) is 0 Å². The molecular formula is C10H16N2S. The molecule has 0 aliphatic rings. The zero-order chi connectivity index (χ0) is 9.84. The Labute approximate surface area is 84.2 Å². The van der Waals surface area contributed by atoms with Gasteiger partial charge in [0.15, 0.2) is 5.16 Å². The topological polar surface area (TPSA) is 25.8 Å². The molecule has 1 heterocycles. The predicted octanol–water partition coefficient (Wildman–Crippen LogP) is 2.84. The first-order chi connectivity index (χ1) is 6.08. The maximum absolute atomic E-state index is 4.36. The number of aromatic nitrogens is 2. The second-order valence-electron chi connectivity index (χ2n) is 3.64. The average molecular weight is 196 g/mol. The van der Waals surface area contributed by atoms with Crippen molar-refractivity contribution in [3.05, 3.63) is 17.5 Å². The molecule has 0 bridgehead atoms. The first-order valence-electron chi connectivity index (χ1n) is 4.53. The normalized spacial score (nSPS) is 10.8. The molecule has 0 aliphatic carbocycles. The van der Waals surface area contributed by atoms with Crippen molar-refractivity contribution in [3.8, 4) is 0 Å². The van der Waals surface area contributed by atoms with E-state index in [4.69, 9.17) is 0 Å². The highest BCUT2D eigenvalue weighted by atomic mass is 32.2. The third kappa shape index (κ3) is 3.77. The molecule has 0 N–H and O–H groups in total. The fraction of sp³-hybridized carbons (Fsp3) is 0.600. The predicted molar refractivity (Wildman–Crippen MR) is 57.1 cm³/mol. The van der Waals surface area contributed by atoms with Gasteiger partial charge in [-0.2, -0.15) is 0 Å². The smallest absolute Gasteiger partial charge is 0.187 e. The van der Waals surface area contributed by atoms with Crippen LogP contribution in [0.2, 0.25) is 0 Å². The molecule has 1 aromatic heterocycles. The van der Waals surface area contributed by atoms with Crippen LogP contribution in [0.25, 0.3) is 0 Å². The number of aryl methyl sites for hydroxylation is 2. The van der Waals surface area contributed by atoms with Crippen LogP contribution in [-0.4, -0.2) is 15.7 Å². The summed E-state index contributed by atoms with van der Waals surface area (Å²) < 4.78 is 0. The molecule has 0 aliphatic heterocycles. The number of thioether (sulfide) groups is 1. The van der Waals surface area contributed by atoms with Crippen LogP contribution in [0.4, 0.5) is 0 Å². The summed E-state index contributed by atoms with van der Waals surface area (Å²) in [4.78, 5) is 8.72. The second-order valence-corrected chi connectivity index (χ2v) is 4.63. The molecule has 13 heavy (non-hydrogen) atoms. The highest BCUT2D eigenvalue weighted by Crippen LogP contribution is 2.16. The van der Waals surface area contributed by atoms with Gasteiger partial charge in [-0.1, -0.05) is 25.6 Å². The minimum absolute atomic E-state index is 0.689. The van der Waals surface area contributed by atoms with Gasteiger partial charge in [-0.3, -0.25) is 0 Å². The van der Waals surface area contributed by atoms with Crippen molar-refractivity contribution in [3.63, 3.8) is 0 Å². The summed E-state index contributed by atoms with van der Waals surface area (Å²) in [5.41, 5.74) is 2.11. The molecule has 0 spiro atoms. The summed E-state index contributed by atoms with van der Waals surface area (Å²) in [5, 5.41) is 0.909. The largest absolute Gasteiger partial charge is 0.228 e. The minimum atomic E-state index is 0.689. The SMILES string of the molecule is Cc1cc(C)nc(SCC(C)C)n1. The van der Waals surface area contributed by atoms with Crippen LogP contribution in [0.15, 0.2) is 11.2 Å². The van der Waals surface area contributed by atoms with Crippen LogP contribution in [-0.2, 0) is 0 Å². The van der Waals surface area contributed by atoms with E-state index in [1.165, 1.54) is 0 Å². The first-order valence-corrected chi connectivity index (χ1v) is 5.51. The molecule has 1 aromatic rings. The lowest BCUT2D eigenvalue weighted by atomic mass is 10.3. The van der Waals surface area contributed by atoms with E-state index in [0.717, 1.165) is 22.3 Å². The van der Waals surface area contributed by atoms with Gasteiger partial charge >= 0.3 is 0 Å². The molecule has 0 saturated carbocycles. The van der Waals surface area contributed by atoms with E-state index in [9.17, 15) is 0 Å². The Morgan fingerprint density at radius 3 is 2.23 bits per heavy atom. The van der Waals surface area contributed by atoms with Crippen molar-refractivity contribution in [2.24, 2.45) is 5.92 Å². The molecule has 0 unspecified atom stereocenters. The highest BCUT2D eigenvalue weighted by Gasteiger charge is 2.01. The number of hydrogen-bond donors (Lipinski definition) is 0. The van der Waals surface area contributed by atoms with Crippen LogP contribution in [0.3, 0.4) is 0 Å². The molecule has 0 radical (unpaired) electrons. The Bertz CT molecular complexity index is 264. The van der Waals surface area contributed by atoms with E-state index < -0.39 is 0 Å². The summed E-state index contributed by atoms with van der Waals surface area (Å²) in [6, 6.07) is 2.00. The number of nitrogens with zero attached hydrogens (tertiary/aromatic N) is 2. The summed E-state index contributed by atoms with van der Waals surface area (Å²) in [5.74, 6) is 1.78. The van der Waals surface area contributed by atoms with Crippen molar-refractivity contribution in [2.45, 2.75) is 32.9 Å². The van der Waals surface area contributed by atoms with E-state index in [0.29, 0.717) is 5.92 Å². The fourth-order valence-electron chi connectivity index (χ4n) is 0.999. The summed E-state index contributed by atoms with van der Waals surface area (Å²) >= 11 is 1.73. The lowest BCUT2D eigenvalue weighted by Gasteiger charge is -2.04. The first kappa shape index (κ1) is 10.5. The minimum Gasteiger partial charge on any atom is -0.228 e. The quantitative estimate of drug-likeness (QED) is 0.549.